The third kappa shape index (κ3) is 4.44. The highest BCUT2D eigenvalue weighted by Gasteiger charge is 2.42. The fourth-order valence-electron chi connectivity index (χ4n) is 3.63. The molecule has 0 atom stereocenters. The summed E-state index contributed by atoms with van der Waals surface area (Å²) in [5.74, 6) is 0.628. The van der Waals surface area contributed by atoms with Crippen LogP contribution in [-0.2, 0) is 19.6 Å². The lowest BCUT2D eigenvalue weighted by Gasteiger charge is -2.42. The Morgan fingerprint density at radius 3 is 2.21 bits per heavy atom. The van der Waals surface area contributed by atoms with Gasteiger partial charge in [0, 0.05) is 45.9 Å². The Kier molecular flexibility index (Phi) is 7.69. The van der Waals surface area contributed by atoms with Crippen LogP contribution in [0.5, 0.6) is 5.75 Å². The van der Waals surface area contributed by atoms with Gasteiger partial charge in [-0.25, -0.2) is 8.42 Å². The van der Waals surface area contributed by atoms with E-state index in [2.05, 4.69) is 0 Å². The zero-order valence-corrected chi connectivity index (χ0v) is 17.6. The molecule has 3 rings (SSSR count). The molecule has 158 valence electrons. The predicted octanol–water partition coefficient (Wildman–Crippen LogP) is 0.705. The van der Waals surface area contributed by atoms with Crippen molar-refractivity contribution in [2.75, 3.05) is 53.0 Å². The first kappa shape index (κ1) is 22.9. The van der Waals surface area contributed by atoms with Crippen LogP contribution in [0.15, 0.2) is 29.2 Å². The van der Waals surface area contributed by atoms with Crippen LogP contribution in [0, 0.1) is 5.41 Å². The second-order valence-electron chi connectivity index (χ2n) is 6.97. The van der Waals surface area contributed by atoms with Crippen molar-refractivity contribution >= 4 is 28.3 Å². The molecule has 2 fully saturated rings. The number of sulfonamides is 1. The first-order valence-corrected chi connectivity index (χ1v) is 10.6. The van der Waals surface area contributed by atoms with Crippen LogP contribution in [0.2, 0.25) is 0 Å². The summed E-state index contributed by atoms with van der Waals surface area (Å²) in [5, 5.41) is 0. The maximum atomic E-state index is 13.0. The van der Waals surface area contributed by atoms with Crippen molar-refractivity contribution in [1.29, 1.82) is 0 Å². The lowest BCUT2D eigenvalue weighted by Crippen LogP contribution is -2.57. The van der Waals surface area contributed by atoms with E-state index >= 15 is 0 Å². The van der Waals surface area contributed by atoms with Gasteiger partial charge in [-0.15, -0.1) is 12.4 Å². The quantitative estimate of drug-likeness (QED) is 0.733. The van der Waals surface area contributed by atoms with E-state index in [1.807, 2.05) is 0 Å². The third-order valence-corrected chi connectivity index (χ3v) is 7.43. The third-order valence-electron chi connectivity index (χ3n) is 5.52. The summed E-state index contributed by atoms with van der Waals surface area (Å²) in [5.41, 5.74) is 5.35. The lowest BCUT2D eigenvalue weighted by molar-refractivity contribution is -0.148. The molecule has 10 heteroatoms. The number of amides is 1. The fourth-order valence-corrected chi connectivity index (χ4v) is 5.05. The van der Waals surface area contributed by atoms with Gasteiger partial charge in [0.25, 0.3) is 0 Å². The maximum Gasteiger partial charge on any atom is 0.243 e. The second kappa shape index (κ2) is 9.41. The average Bonchev–Trinajstić information content (AvgIpc) is 2.73. The highest BCUT2D eigenvalue weighted by Crippen LogP contribution is 2.32. The van der Waals surface area contributed by atoms with E-state index in [9.17, 15) is 13.2 Å². The van der Waals surface area contributed by atoms with E-state index in [1.54, 1.807) is 17.0 Å². The number of nitrogens with zero attached hydrogens (tertiary/aromatic N) is 2. The largest absolute Gasteiger partial charge is 0.497 e. The number of carbonyl (C=O) groups excluding carboxylic acids is 1. The number of halogens is 1. The Labute approximate surface area is 172 Å². The van der Waals surface area contributed by atoms with E-state index in [4.69, 9.17) is 15.2 Å². The molecule has 1 aromatic rings. The van der Waals surface area contributed by atoms with Crippen LogP contribution >= 0.6 is 12.4 Å². The van der Waals surface area contributed by atoms with Crippen molar-refractivity contribution in [1.82, 2.24) is 9.21 Å². The molecule has 0 aliphatic carbocycles. The molecule has 0 bridgehead atoms. The minimum Gasteiger partial charge on any atom is -0.497 e. The van der Waals surface area contributed by atoms with Gasteiger partial charge in [0.2, 0.25) is 15.9 Å². The molecule has 2 saturated heterocycles. The van der Waals surface area contributed by atoms with Crippen molar-refractivity contribution in [2.24, 2.45) is 11.1 Å². The average molecular weight is 434 g/mol. The predicted molar refractivity (Wildman–Crippen MR) is 107 cm³/mol. The van der Waals surface area contributed by atoms with Gasteiger partial charge in [0.15, 0.2) is 0 Å². The van der Waals surface area contributed by atoms with Crippen LogP contribution in [0.4, 0.5) is 0 Å². The number of hydrogen-bond donors (Lipinski definition) is 1. The topological polar surface area (TPSA) is 102 Å². The van der Waals surface area contributed by atoms with Gasteiger partial charge in [-0.1, -0.05) is 0 Å². The molecule has 0 unspecified atom stereocenters. The molecule has 2 aliphatic heterocycles. The highest BCUT2D eigenvalue weighted by atomic mass is 35.5. The molecule has 0 spiro atoms. The summed E-state index contributed by atoms with van der Waals surface area (Å²) in [7, 11) is -2.05. The van der Waals surface area contributed by atoms with Gasteiger partial charge >= 0.3 is 0 Å². The standard InChI is InChI=1S/C18H27N3O5S.ClH/c1-25-15-2-4-16(5-3-15)27(23,24)21-10-8-20(9-11-21)17(22)18(14-19)6-12-26-13-7-18;/h2-5H,6-14,19H2,1H3;1H. The van der Waals surface area contributed by atoms with E-state index < -0.39 is 15.4 Å². The smallest absolute Gasteiger partial charge is 0.243 e. The molecular weight excluding hydrogens is 406 g/mol. The molecule has 1 aromatic carbocycles. The van der Waals surface area contributed by atoms with Gasteiger partial charge in [-0.3, -0.25) is 4.79 Å². The first-order valence-electron chi connectivity index (χ1n) is 9.14. The SMILES string of the molecule is COc1ccc(S(=O)(=O)N2CCN(C(=O)C3(CN)CCOCC3)CC2)cc1.Cl. The summed E-state index contributed by atoms with van der Waals surface area (Å²) < 4.78 is 37.5. The van der Waals surface area contributed by atoms with Crippen LogP contribution < -0.4 is 10.5 Å². The minimum atomic E-state index is -3.59. The minimum absolute atomic E-state index is 0. The van der Waals surface area contributed by atoms with Crippen molar-refractivity contribution in [3.05, 3.63) is 24.3 Å². The number of carbonyl (C=O) groups is 1. The van der Waals surface area contributed by atoms with Gasteiger partial charge in [0.05, 0.1) is 17.4 Å². The summed E-state index contributed by atoms with van der Waals surface area (Å²) in [6, 6.07) is 6.33. The molecule has 0 radical (unpaired) electrons. The van der Waals surface area contributed by atoms with Crippen LogP contribution in [0.3, 0.4) is 0 Å². The fraction of sp³-hybridized carbons (Fsp3) is 0.611. The van der Waals surface area contributed by atoms with Crippen LogP contribution in [0.1, 0.15) is 12.8 Å². The number of hydrogen-bond acceptors (Lipinski definition) is 6. The normalized spacial score (nSPS) is 20.3. The lowest BCUT2D eigenvalue weighted by atomic mass is 9.78. The van der Waals surface area contributed by atoms with Crippen molar-refractivity contribution in [3.8, 4) is 5.75 Å². The zero-order chi connectivity index (χ0) is 19.5. The number of piperazine rings is 1. The molecule has 0 aromatic heterocycles. The molecule has 1 amide bonds. The molecule has 2 N–H and O–H groups in total. The Morgan fingerprint density at radius 2 is 1.71 bits per heavy atom. The van der Waals surface area contributed by atoms with Crippen molar-refractivity contribution in [2.45, 2.75) is 17.7 Å². The number of benzene rings is 1. The van der Waals surface area contributed by atoms with E-state index in [0.29, 0.717) is 51.4 Å². The zero-order valence-electron chi connectivity index (χ0n) is 16.0. The summed E-state index contributed by atoms with van der Waals surface area (Å²) in [6.45, 7) is 2.66. The molecule has 8 nitrogen and oxygen atoms in total. The van der Waals surface area contributed by atoms with Gasteiger partial charge in [-0.2, -0.15) is 4.31 Å². The summed E-state index contributed by atoms with van der Waals surface area (Å²) >= 11 is 0. The number of methoxy groups -OCH3 is 1. The van der Waals surface area contributed by atoms with Gasteiger partial charge < -0.3 is 20.1 Å². The van der Waals surface area contributed by atoms with Crippen molar-refractivity contribution in [3.63, 3.8) is 0 Å². The number of nitrogens with two attached hydrogens (primary N) is 1. The monoisotopic (exact) mass is 433 g/mol. The van der Waals surface area contributed by atoms with Crippen molar-refractivity contribution < 1.29 is 22.7 Å². The molecule has 0 saturated carbocycles. The Bertz CT molecular complexity index is 758. The molecule has 2 aliphatic rings. The Morgan fingerprint density at radius 1 is 1.14 bits per heavy atom. The summed E-state index contributed by atoms with van der Waals surface area (Å²) in [6.07, 6.45) is 1.24. The summed E-state index contributed by atoms with van der Waals surface area (Å²) in [4.78, 5) is 15.0. The Balaban J connectivity index is 0.00000280. The van der Waals surface area contributed by atoms with Crippen LogP contribution in [0.25, 0.3) is 0 Å². The van der Waals surface area contributed by atoms with Gasteiger partial charge in [0.1, 0.15) is 5.75 Å². The number of rotatable bonds is 5. The van der Waals surface area contributed by atoms with E-state index in [1.165, 1.54) is 23.5 Å². The maximum absolute atomic E-state index is 13.0. The van der Waals surface area contributed by atoms with Crippen LogP contribution in [-0.4, -0.2) is 76.6 Å². The first-order chi connectivity index (χ1) is 12.9. The number of ether oxygens (including phenoxy) is 2. The second-order valence-corrected chi connectivity index (χ2v) is 8.91. The molecular formula is C18H28ClN3O5S. The van der Waals surface area contributed by atoms with E-state index in [0.717, 1.165) is 0 Å². The van der Waals surface area contributed by atoms with E-state index in [-0.39, 0.29) is 36.3 Å². The molecule has 28 heavy (non-hydrogen) atoms. The molecule has 2 heterocycles. The highest BCUT2D eigenvalue weighted by molar-refractivity contribution is 7.89. The van der Waals surface area contributed by atoms with Gasteiger partial charge in [-0.05, 0) is 37.1 Å². The Hall–Kier alpha value is -1.39.